The third-order valence-corrected chi connectivity index (χ3v) is 3.96. The number of benzene rings is 1. The Hall–Kier alpha value is -2.60. The van der Waals surface area contributed by atoms with E-state index in [4.69, 9.17) is 13.7 Å². The number of hydrogen-bond acceptors (Lipinski definition) is 6. The predicted octanol–water partition coefficient (Wildman–Crippen LogP) is 2.81. The van der Waals surface area contributed by atoms with E-state index in [-0.39, 0.29) is 6.04 Å². The number of nitrogens with zero attached hydrogens (tertiary/aromatic N) is 2. The topological polar surface area (TPSA) is 73.3 Å². The maximum absolute atomic E-state index is 5.87. The first-order chi connectivity index (χ1) is 11.4. The van der Waals surface area contributed by atoms with Crippen molar-refractivity contribution in [1.82, 2.24) is 15.5 Å². The Morgan fingerprint density at radius 1 is 1.22 bits per heavy atom. The maximum Gasteiger partial charge on any atom is 0.261 e. The highest BCUT2D eigenvalue weighted by Crippen LogP contribution is 2.23. The van der Waals surface area contributed by atoms with Gasteiger partial charge in [-0.15, -0.1) is 0 Å². The highest BCUT2D eigenvalue weighted by Gasteiger charge is 2.17. The maximum atomic E-state index is 5.87. The van der Waals surface area contributed by atoms with Gasteiger partial charge in [0.15, 0.2) is 5.82 Å². The molecule has 1 unspecified atom stereocenters. The molecule has 0 amide bonds. The summed E-state index contributed by atoms with van der Waals surface area (Å²) in [5.41, 5.74) is 2.05. The molecule has 0 aliphatic carbocycles. The number of aromatic nitrogens is 2. The molecule has 118 valence electrons. The summed E-state index contributed by atoms with van der Waals surface area (Å²) in [6, 6.07) is 10.2. The second-order valence-electron chi connectivity index (χ2n) is 5.56. The first-order valence-electron chi connectivity index (χ1n) is 7.68. The first-order valence-corrected chi connectivity index (χ1v) is 7.68. The molecule has 0 saturated heterocycles. The SMILES string of the molecule is c1ccc2c(c1)CCC(NCc1noc(-c3ccoc3)n1)CO2. The molecule has 6 nitrogen and oxygen atoms in total. The van der Waals surface area contributed by atoms with Crippen LogP contribution in [0.15, 0.2) is 51.8 Å². The fourth-order valence-electron chi connectivity index (χ4n) is 2.68. The van der Waals surface area contributed by atoms with Crippen molar-refractivity contribution in [1.29, 1.82) is 0 Å². The van der Waals surface area contributed by atoms with E-state index in [2.05, 4.69) is 21.5 Å². The summed E-state index contributed by atoms with van der Waals surface area (Å²) >= 11 is 0. The second kappa shape index (κ2) is 6.26. The summed E-state index contributed by atoms with van der Waals surface area (Å²) in [7, 11) is 0. The Morgan fingerprint density at radius 3 is 3.09 bits per heavy atom. The minimum Gasteiger partial charge on any atom is -0.492 e. The zero-order valence-electron chi connectivity index (χ0n) is 12.6. The lowest BCUT2D eigenvalue weighted by Crippen LogP contribution is -2.34. The van der Waals surface area contributed by atoms with Crippen molar-refractivity contribution in [2.45, 2.75) is 25.4 Å². The summed E-state index contributed by atoms with van der Waals surface area (Å²) in [5.74, 6) is 2.08. The molecule has 23 heavy (non-hydrogen) atoms. The van der Waals surface area contributed by atoms with Crippen LogP contribution in [0.2, 0.25) is 0 Å². The molecule has 1 aromatic carbocycles. The van der Waals surface area contributed by atoms with E-state index in [1.807, 2.05) is 18.2 Å². The molecule has 1 aliphatic rings. The Labute approximate surface area is 133 Å². The molecular formula is C17H17N3O3. The lowest BCUT2D eigenvalue weighted by Gasteiger charge is -2.14. The molecule has 1 atom stereocenters. The summed E-state index contributed by atoms with van der Waals surface area (Å²) in [5, 5.41) is 7.43. The van der Waals surface area contributed by atoms with Gasteiger partial charge in [-0.25, -0.2) is 0 Å². The van der Waals surface area contributed by atoms with E-state index in [0.29, 0.717) is 24.9 Å². The lowest BCUT2D eigenvalue weighted by atomic mass is 10.1. The fourth-order valence-corrected chi connectivity index (χ4v) is 2.68. The molecule has 0 fully saturated rings. The van der Waals surface area contributed by atoms with Gasteiger partial charge in [-0.2, -0.15) is 4.98 Å². The zero-order valence-corrected chi connectivity index (χ0v) is 12.6. The molecular weight excluding hydrogens is 294 g/mol. The predicted molar refractivity (Wildman–Crippen MR) is 82.9 cm³/mol. The van der Waals surface area contributed by atoms with Crippen molar-refractivity contribution in [2.75, 3.05) is 6.61 Å². The lowest BCUT2D eigenvalue weighted by molar-refractivity contribution is 0.265. The van der Waals surface area contributed by atoms with Gasteiger partial charge in [0.05, 0.1) is 18.4 Å². The minimum absolute atomic E-state index is 0.262. The van der Waals surface area contributed by atoms with E-state index in [1.165, 1.54) is 5.56 Å². The minimum atomic E-state index is 0.262. The molecule has 0 bridgehead atoms. The average molecular weight is 311 g/mol. The van der Waals surface area contributed by atoms with E-state index in [9.17, 15) is 0 Å². The summed E-state index contributed by atoms with van der Waals surface area (Å²) < 4.78 is 16.1. The highest BCUT2D eigenvalue weighted by atomic mass is 16.5. The fraction of sp³-hybridized carbons (Fsp3) is 0.294. The van der Waals surface area contributed by atoms with Gasteiger partial charge in [0.25, 0.3) is 5.89 Å². The monoisotopic (exact) mass is 311 g/mol. The van der Waals surface area contributed by atoms with Crippen LogP contribution in [0, 0.1) is 0 Å². The van der Waals surface area contributed by atoms with Gasteiger partial charge in [-0.05, 0) is 30.5 Å². The molecule has 2 aromatic heterocycles. The Bertz CT molecular complexity index is 740. The number of aryl methyl sites for hydroxylation is 1. The van der Waals surface area contributed by atoms with Crippen LogP contribution in [0.5, 0.6) is 5.75 Å². The first kappa shape index (κ1) is 14.0. The Balaban J connectivity index is 1.35. The molecule has 3 heterocycles. The third-order valence-electron chi connectivity index (χ3n) is 3.96. The molecule has 3 aromatic rings. The Morgan fingerprint density at radius 2 is 2.17 bits per heavy atom. The van der Waals surface area contributed by atoms with Gasteiger partial charge >= 0.3 is 0 Å². The molecule has 1 N–H and O–H groups in total. The number of rotatable bonds is 4. The third kappa shape index (κ3) is 3.12. The molecule has 1 aliphatic heterocycles. The largest absolute Gasteiger partial charge is 0.492 e. The van der Waals surface area contributed by atoms with Gasteiger partial charge in [0.2, 0.25) is 0 Å². The molecule has 0 saturated carbocycles. The van der Waals surface area contributed by atoms with Gasteiger partial charge in [-0.3, -0.25) is 0 Å². The van der Waals surface area contributed by atoms with Crippen LogP contribution < -0.4 is 10.1 Å². The average Bonchev–Trinajstić information content (AvgIpc) is 3.22. The van der Waals surface area contributed by atoms with Gasteiger partial charge < -0.3 is 19.0 Å². The summed E-state index contributed by atoms with van der Waals surface area (Å²) in [4.78, 5) is 4.36. The smallest absolute Gasteiger partial charge is 0.261 e. The molecule has 0 radical (unpaired) electrons. The van der Waals surface area contributed by atoms with Gasteiger partial charge in [0, 0.05) is 6.04 Å². The van der Waals surface area contributed by atoms with Crippen molar-refractivity contribution in [3.05, 3.63) is 54.2 Å². The standard InChI is InChI=1S/C17H17N3O3/c1-2-4-15-12(3-1)5-6-14(11-22-15)18-9-16-19-17(23-20-16)13-7-8-21-10-13/h1-4,7-8,10,14,18H,5-6,9,11H2. The number of fused-ring (bicyclic) bond motifs is 1. The molecule has 4 rings (SSSR count). The Kier molecular flexibility index (Phi) is 3.81. The number of nitrogens with one attached hydrogen (secondary N) is 1. The van der Waals surface area contributed by atoms with Crippen LogP contribution in [0.25, 0.3) is 11.5 Å². The van der Waals surface area contributed by atoms with Crippen LogP contribution in [0.3, 0.4) is 0 Å². The number of furan rings is 1. The van der Waals surface area contributed by atoms with E-state index < -0.39 is 0 Å². The summed E-state index contributed by atoms with van der Waals surface area (Å²) in [6.45, 7) is 1.19. The van der Waals surface area contributed by atoms with E-state index >= 15 is 0 Å². The zero-order chi connectivity index (χ0) is 15.5. The van der Waals surface area contributed by atoms with Crippen molar-refractivity contribution in [2.24, 2.45) is 0 Å². The molecule has 6 heteroatoms. The van der Waals surface area contributed by atoms with Gasteiger partial charge in [0.1, 0.15) is 18.6 Å². The number of para-hydroxylation sites is 1. The quantitative estimate of drug-likeness (QED) is 0.798. The van der Waals surface area contributed by atoms with Gasteiger partial charge in [-0.1, -0.05) is 23.4 Å². The van der Waals surface area contributed by atoms with E-state index in [1.54, 1.807) is 18.6 Å². The van der Waals surface area contributed by atoms with Crippen molar-refractivity contribution in [3.8, 4) is 17.2 Å². The van der Waals surface area contributed by atoms with Crippen LogP contribution >= 0.6 is 0 Å². The summed E-state index contributed by atoms with van der Waals surface area (Å²) in [6.07, 6.45) is 5.18. The number of hydrogen-bond donors (Lipinski definition) is 1. The normalized spacial score (nSPS) is 17.3. The van der Waals surface area contributed by atoms with Crippen LogP contribution in [0.1, 0.15) is 17.8 Å². The highest BCUT2D eigenvalue weighted by molar-refractivity contribution is 5.49. The van der Waals surface area contributed by atoms with Crippen molar-refractivity contribution >= 4 is 0 Å². The molecule has 0 spiro atoms. The van der Waals surface area contributed by atoms with Crippen molar-refractivity contribution < 1.29 is 13.7 Å². The van der Waals surface area contributed by atoms with Crippen LogP contribution in [-0.2, 0) is 13.0 Å². The second-order valence-corrected chi connectivity index (χ2v) is 5.56. The van der Waals surface area contributed by atoms with E-state index in [0.717, 1.165) is 24.2 Å². The van der Waals surface area contributed by atoms with Crippen LogP contribution in [-0.4, -0.2) is 22.8 Å². The number of ether oxygens (including phenoxy) is 1. The van der Waals surface area contributed by atoms with Crippen LogP contribution in [0.4, 0.5) is 0 Å². The van der Waals surface area contributed by atoms with Crippen molar-refractivity contribution in [3.63, 3.8) is 0 Å².